The summed E-state index contributed by atoms with van der Waals surface area (Å²) in [5, 5.41) is 0. The van der Waals surface area contributed by atoms with Gasteiger partial charge in [0, 0.05) is 23.9 Å². The Labute approximate surface area is 86.5 Å². The number of aromatic nitrogens is 1. The summed E-state index contributed by atoms with van der Waals surface area (Å²) in [6, 6.07) is 6.36. The maximum atomic E-state index is 5.83. The van der Waals surface area contributed by atoms with Gasteiger partial charge in [0.25, 0.3) is 0 Å². The molecule has 2 nitrogen and oxygen atoms in total. The molecular weight excluding hydrogens is 172 g/mol. The first-order chi connectivity index (χ1) is 6.74. The molecular formula is C12H20N2. The van der Waals surface area contributed by atoms with Gasteiger partial charge in [-0.3, -0.25) is 4.98 Å². The maximum absolute atomic E-state index is 5.83. The van der Waals surface area contributed by atoms with Crippen LogP contribution in [0.25, 0.3) is 0 Å². The lowest BCUT2D eigenvalue weighted by molar-refractivity contribution is 0.507. The van der Waals surface area contributed by atoms with Crippen LogP contribution >= 0.6 is 0 Å². The average molecular weight is 192 g/mol. The molecule has 0 saturated carbocycles. The molecule has 1 aromatic heterocycles. The highest BCUT2D eigenvalue weighted by Crippen LogP contribution is 2.23. The van der Waals surface area contributed by atoms with E-state index < -0.39 is 0 Å². The summed E-state index contributed by atoms with van der Waals surface area (Å²) in [5.74, 6) is 0.529. The first-order valence-electron chi connectivity index (χ1n) is 5.40. The Morgan fingerprint density at radius 1 is 1.43 bits per heavy atom. The summed E-state index contributed by atoms with van der Waals surface area (Å²) in [6.45, 7) is 4.27. The molecule has 0 amide bonds. The molecule has 2 unspecified atom stereocenters. The second kappa shape index (κ2) is 5.76. The standard InChI is InChI=1S/C12H20N2/c1-3-6-11(9-10(2)13)12-7-4-5-8-14-12/h4-5,7-8,10-11H,3,6,9,13H2,1-2H3. The van der Waals surface area contributed by atoms with E-state index in [1.54, 1.807) is 0 Å². The fraction of sp³-hybridized carbons (Fsp3) is 0.583. The summed E-state index contributed by atoms with van der Waals surface area (Å²) in [6.07, 6.45) is 5.26. The molecule has 0 bridgehead atoms. The Bertz CT molecular complexity index is 244. The van der Waals surface area contributed by atoms with Crippen molar-refractivity contribution in [3.05, 3.63) is 30.1 Å². The Morgan fingerprint density at radius 2 is 2.21 bits per heavy atom. The van der Waals surface area contributed by atoms with Crippen LogP contribution in [0.4, 0.5) is 0 Å². The number of hydrogen-bond donors (Lipinski definition) is 1. The minimum atomic E-state index is 0.258. The monoisotopic (exact) mass is 192 g/mol. The highest BCUT2D eigenvalue weighted by molar-refractivity contribution is 5.09. The zero-order valence-electron chi connectivity index (χ0n) is 9.11. The van der Waals surface area contributed by atoms with Crippen molar-refractivity contribution in [1.29, 1.82) is 0 Å². The molecule has 2 N–H and O–H groups in total. The van der Waals surface area contributed by atoms with Gasteiger partial charge in [-0.15, -0.1) is 0 Å². The fourth-order valence-electron chi connectivity index (χ4n) is 1.80. The second-order valence-corrected chi connectivity index (χ2v) is 3.95. The molecule has 1 aromatic rings. The molecule has 0 aromatic carbocycles. The molecule has 0 aliphatic carbocycles. The van der Waals surface area contributed by atoms with Crippen LogP contribution in [0.3, 0.4) is 0 Å². The minimum absolute atomic E-state index is 0.258. The van der Waals surface area contributed by atoms with Gasteiger partial charge in [-0.1, -0.05) is 19.4 Å². The van der Waals surface area contributed by atoms with E-state index in [0.29, 0.717) is 5.92 Å². The fourth-order valence-corrected chi connectivity index (χ4v) is 1.80. The van der Waals surface area contributed by atoms with Crippen LogP contribution in [0.1, 0.15) is 44.7 Å². The van der Waals surface area contributed by atoms with Crippen molar-refractivity contribution in [2.75, 3.05) is 0 Å². The quantitative estimate of drug-likeness (QED) is 0.779. The van der Waals surface area contributed by atoms with Gasteiger partial charge < -0.3 is 5.73 Å². The lowest BCUT2D eigenvalue weighted by Gasteiger charge is -2.17. The normalized spacial score (nSPS) is 15.1. The molecule has 0 radical (unpaired) electrons. The molecule has 0 aliphatic rings. The van der Waals surface area contributed by atoms with Crippen molar-refractivity contribution >= 4 is 0 Å². The van der Waals surface area contributed by atoms with Gasteiger partial charge >= 0.3 is 0 Å². The maximum Gasteiger partial charge on any atom is 0.0435 e. The third-order valence-corrected chi connectivity index (χ3v) is 2.40. The molecule has 2 atom stereocenters. The molecule has 2 heteroatoms. The number of nitrogens with zero attached hydrogens (tertiary/aromatic N) is 1. The lowest BCUT2D eigenvalue weighted by Crippen LogP contribution is -2.19. The number of hydrogen-bond acceptors (Lipinski definition) is 2. The zero-order chi connectivity index (χ0) is 10.4. The van der Waals surface area contributed by atoms with Gasteiger partial charge in [-0.05, 0) is 31.9 Å². The van der Waals surface area contributed by atoms with E-state index in [1.807, 2.05) is 18.3 Å². The van der Waals surface area contributed by atoms with Crippen molar-refractivity contribution in [3.8, 4) is 0 Å². The van der Waals surface area contributed by atoms with E-state index in [-0.39, 0.29) is 6.04 Å². The first kappa shape index (κ1) is 11.2. The summed E-state index contributed by atoms with van der Waals surface area (Å²) >= 11 is 0. The smallest absolute Gasteiger partial charge is 0.0435 e. The Kier molecular flexibility index (Phi) is 4.60. The largest absolute Gasteiger partial charge is 0.328 e. The predicted octanol–water partition coefficient (Wildman–Crippen LogP) is 2.70. The van der Waals surface area contributed by atoms with E-state index >= 15 is 0 Å². The van der Waals surface area contributed by atoms with Gasteiger partial charge in [-0.2, -0.15) is 0 Å². The highest BCUT2D eigenvalue weighted by Gasteiger charge is 2.13. The number of nitrogens with two attached hydrogens (primary N) is 1. The van der Waals surface area contributed by atoms with Crippen LogP contribution in [0.2, 0.25) is 0 Å². The van der Waals surface area contributed by atoms with Crippen LogP contribution in [0, 0.1) is 0 Å². The molecule has 1 heterocycles. The van der Waals surface area contributed by atoms with E-state index in [1.165, 1.54) is 18.5 Å². The topological polar surface area (TPSA) is 38.9 Å². The summed E-state index contributed by atoms with van der Waals surface area (Å²) in [5.41, 5.74) is 7.02. The molecule has 1 rings (SSSR count). The van der Waals surface area contributed by atoms with E-state index in [0.717, 1.165) is 6.42 Å². The van der Waals surface area contributed by atoms with Crippen LogP contribution < -0.4 is 5.73 Å². The Morgan fingerprint density at radius 3 is 2.71 bits per heavy atom. The molecule has 0 aliphatic heterocycles. The minimum Gasteiger partial charge on any atom is -0.328 e. The van der Waals surface area contributed by atoms with Crippen LogP contribution in [-0.4, -0.2) is 11.0 Å². The van der Waals surface area contributed by atoms with Gasteiger partial charge in [-0.25, -0.2) is 0 Å². The number of pyridine rings is 1. The van der Waals surface area contributed by atoms with Crippen LogP contribution in [-0.2, 0) is 0 Å². The van der Waals surface area contributed by atoms with Crippen molar-refractivity contribution < 1.29 is 0 Å². The van der Waals surface area contributed by atoms with Crippen LogP contribution in [0.15, 0.2) is 24.4 Å². The molecule has 0 spiro atoms. The first-order valence-corrected chi connectivity index (χ1v) is 5.40. The van der Waals surface area contributed by atoms with Crippen molar-refractivity contribution in [2.24, 2.45) is 5.73 Å². The number of rotatable bonds is 5. The molecule has 14 heavy (non-hydrogen) atoms. The zero-order valence-corrected chi connectivity index (χ0v) is 9.11. The van der Waals surface area contributed by atoms with E-state index in [2.05, 4.69) is 24.9 Å². The summed E-state index contributed by atoms with van der Waals surface area (Å²) in [7, 11) is 0. The highest BCUT2D eigenvalue weighted by atomic mass is 14.7. The van der Waals surface area contributed by atoms with Gasteiger partial charge in [0.05, 0.1) is 0 Å². The lowest BCUT2D eigenvalue weighted by atomic mass is 9.92. The average Bonchev–Trinajstić information content (AvgIpc) is 2.18. The van der Waals surface area contributed by atoms with E-state index in [4.69, 9.17) is 5.73 Å². The Balaban J connectivity index is 2.67. The van der Waals surface area contributed by atoms with Crippen molar-refractivity contribution in [3.63, 3.8) is 0 Å². The third kappa shape index (κ3) is 3.46. The summed E-state index contributed by atoms with van der Waals surface area (Å²) < 4.78 is 0. The molecule has 78 valence electrons. The van der Waals surface area contributed by atoms with E-state index in [9.17, 15) is 0 Å². The van der Waals surface area contributed by atoms with Gasteiger partial charge in [0.1, 0.15) is 0 Å². The Hall–Kier alpha value is -0.890. The third-order valence-electron chi connectivity index (χ3n) is 2.40. The van der Waals surface area contributed by atoms with Gasteiger partial charge in [0.15, 0.2) is 0 Å². The van der Waals surface area contributed by atoms with Crippen LogP contribution in [0.5, 0.6) is 0 Å². The second-order valence-electron chi connectivity index (χ2n) is 3.95. The molecule has 0 fully saturated rings. The predicted molar refractivity (Wildman–Crippen MR) is 60.2 cm³/mol. The van der Waals surface area contributed by atoms with Crippen molar-refractivity contribution in [1.82, 2.24) is 4.98 Å². The van der Waals surface area contributed by atoms with Crippen molar-refractivity contribution in [2.45, 2.75) is 45.1 Å². The molecule has 0 saturated heterocycles. The van der Waals surface area contributed by atoms with Gasteiger partial charge in [0.2, 0.25) is 0 Å². The SMILES string of the molecule is CCCC(CC(C)N)c1ccccn1. The summed E-state index contributed by atoms with van der Waals surface area (Å²) in [4.78, 5) is 4.40.